The fourth-order valence-electron chi connectivity index (χ4n) is 1.53. The van der Waals surface area contributed by atoms with Crippen molar-refractivity contribution in [2.75, 3.05) is 7.11 Å². The number of methoxy groups -OCH3 is 1. The summed E-state index contributed by atoms with van der Waals surface area (Å²) in [6.07, 6.45) is 1.60. The number of hydrogen-bond donors (Lipinski definition) is 1. The molecule has 2 aromatic carbocycles. The summed E-state index contributed by atoms with van der Waals surface area (Å²) < 4.78 is 6.90. The molecule has 2 aromatic rings. The first-order valence-corrected chi connectivity index (χ1v) is 7.05. The average molecular weight is 385 g/mol. The lowest BCUT2D eigenvalue weighted by Crippen LogP contribution is -1.88. The van der Waals surface area contributed by atoms with Crippen LogP contribution in [0.5, 0.6) is 11.5 Å². The third kappa shape index (κ3) is 3.36. The van der Waals surface area contributed by atoms with Gasteiger partial charge in [-0.15, -0.1) is 0 Å². The van der Waals surface area contributed by atoms with Crippen LogP contribution in [-0.2, 0) is 0 Å². The van der Waals surface area contributed by atoms with Crippen LogP contribution in [-0.4, -0.2) is 18.4 Å². The lowest BCUT2D eigenvalue weighted by atomic mass is 10.2. The molecular weight excluding hydrogens is 374 g/mol. The molecule has 3 nitrogen and oxygen atoms in total. The molecule has 2 rings (SSSR count). The summed E-state index contributed by atoms with van der Waals surface area (Å²) in [4.78, 5) is 4.35. The average Bonchev–Trinajstić information content (AvgIpc) is 2.39. The van der Waals surface area contributed by atoms with Gasteiger partial charge in [0.2, 0.25) is 0 Å². The smallest absolute Gasteiger partial charge is 0.166 e. The van der Waals surface area contributed by atoms with Crippen LogP contribution >= 0.6 is 31.9 Å². The van der Waals surface area contributed by atoms with Gasteiger partial charge in [0.15, 0.2) is 11.5 Å². The van der Waals surface area contributed by atoms with E-state index in [-0.39, 0.29) is 5.75 Å². The Bertz CT molecular complexity index is 627. The number of rotatable bonds is 3. The number of hydrogen-bond acceptors (Lipinski definition) is 3. The third-order valence-corrected chi connectivity index (χ3v) is 3.63. The standard InChI is InChI=1S/C14H11Br2NO2/c1-19-13-4-2-3-9(14(13)18)8-17-12-6-5-10(15)7-11(12)16/h2-8,18H,1H3. The van der Waals surface area contributed by atoms with Crippen molar-refractivity contribution in [3.8, 4) is 11.5 Å². The Labute approximate surface area is 128 Å². The highest BCUT2D eigenvalue weighted by Crippen LogP contribution is 2.31. The SMILES string of the molecule is COc1cccc(C=Nc2ccc(Br)cc2Br)c1O. The molecule has 0 spiro atoms. The minimum atomic E-state index is 0.0852. The van der Waals surface area contributed by atoms with Crippen molar-refractivity contribution in [1.29, 1.82) is 0 Å². The second-order valence-corrected chi connectivity index (χ2v) is 5.52. The van der Waals surface area contributed by atoms with Gasteiger partial charge in [0, 0.05) is 20.7 Å². The molecule has 0 bridgehead atoms. The van der Waals surface area contributed by atoms with Gasteiger partial charge in [-0.1, -0.05) is 22.0 Å². The molecule has 0 amide bonds. The number of nitrogens with zero attached hydrogens (tertiary/aromatic N) is 1. The molecule has 0 fully saturated rings. The lowest BCUT2D eigenvalue weighted by Gasteiger charge is -2.05. The van der Waals surface area contributed by atoms with E-state index in [1.165, 1.54) is 7.11 Å². The first kappa shape index (κ1) is 14.1. The molecule has 1 N–H and O–H groups in total. The van der Waals surface area contributed by atoms with Gasteiger partial charge >= 0.3 is 0 Å². The molecule has 98 valence electrons. The van der Waals surface area contributed by atoms with Crippen LogP contribution in [0.3, 0.4) is 0 Å². The molecule has 0 aromatic heterocycles. The Balaban J connectivity index is 2.32. The zero-order chi connectivity index (χ0) is 13.8. The maximum absolute atomic E-state index is 9.94. The molecule has 0 saturated carbocycles. The Morgan fingerprint density at radius 3 is 2.68 bits per heavy atom. The minimum Gasteiger partial charge on any atom is -0.504 e. The molecule has 0 atom stereocenters. The molecule has 0 heterocycles. The number of halogens is 2. The third-order valence-electron chi connectivity index (χ3n) is 2.50. The van der Waals surface area contributed by atoms with Crippen molar-refractivity contribution < 1.29 is 9.84 Å². The Hall–Kier alpha value is -1.33. The van der Waals surface area contributed by atoms with Crippen LogP contribution in [0, 0.1) is 0 Å². The van der Waals surface area contributed by atoms with Gasteiger partial charge in [-0.2, -0.15) is 0 Å². The second-order valence-electron chi connectivity index (χ2n) is 3.75. The number of phenols is 1. The fourth-order valence-corrected chi connectivity index (χ4v) is 2.68. The maximum Gasteiger partial charge on any atom is 0.166 e. The normalized spacial score (nSPS) is 10.9. The van der Waals surface area contributed by atoms with Crippen LogP contribution in [0.4, 0.5) is 5.69 Å². The summed E-state index contributed by atoms with van der Waals surface area (Å²) in [5.41, 5.74) is 1.39. The van der Waals surface area contributed by atoms with Crippen LogP contribution in [0.2, 0.25) is 0 Å². The Morgan fingerprint density at radius 1 is 1.21 bits per heavy atom. The predicted octanol–water partition coefficient (Wildman–Crippen LogP) is 4.68. The second kappa shape index (κ2) is 6.21. The van der Waals surface area contributed by atoms with Gasteiger partial charge in [0.05, 0.1) is 12.8 Å². The summed E-state index contributed by atoms with van der Waals surface area (Å²) in [5, 5.41) is 9.94. The zero-order valence-corrected chi connectivity index (χ0v) is 13.3. The van der Waals surface area contributed by atoms with Crippen LogP contribution in [0.25, 0.3) is 0 Å². The Morgan fingerprint density at radius 2 is 2.00 bits per heavy atom. The van der Waals surface area contributed by atoms with E-state index in [4.69, 9.17) is 4.74 Å². The van der Waals surface area contributed by atoms with Gasteiger partial charge in [-0.3, -0.25) is 4.99 Å². The van der Waals surface area contributed by atoms with E-state index in [1.807, 2.05) is 18.2 Å². The van der Waals surface area contributed by atoms with Gasteiger partial charge in [0.1, 0.15) is 0 Å². The van der Waals surface area contributed by atoms with Crippen molar-refractivity contribution >= 4 is 43.8 Å². The number of benzene rings is 2. The van der Waals surface area contributed by atoms with E-state index >= 15 is 0 Å². The van der Waals surface area contributed by atoms with E-state index in [0.29, 0.717) is 11.3 Å². The molecule has 0 unspecified atom stereocenters. The van der Waals surface area contributed by atoms with Crippen LogP contribution < -0.4 is 4.74 Å². The van der Waals surface area contributed by atoms with Crippen molar-refractivity contribution in [2.45, 2.75) is 0 Å². The Kier molecular flexibility index (Phi) is 4.61. The molecule has 0 aliphatic carbocycles. The summed E-state index contributed by atoms with van der Waals surface area (Å²) in [7, 11) is 1.52. The first-order valence-electron chi connectivity index (χ1n) is 5.47. The minimum absolute atomic E-state index is 0.0852. The zero-order valence-electron chi connectivity index (χ0n) is 10.1. The summed E-state index contributed by atoms with van der Waals surface area (Å²) in [5.74, 6) is 0.515. The highest BCUT2D eigenvalue weighted by Gasteiger charge is 2.05. The number of aromatic hydroxyl groups is 1. The van der Waals surface area contributed by atoms with Crippen molar-refractivity contribution in [3.05, 3.63) is 50.9 Å². The fraction of sp³-hybridized carbons (Fsp3) is 0.0714. The summed E-state index contributed by atoms with van der Waals surface area (Å²) in [6, 6.07) is 11.0. The van der Waals surface area contributed by atoms with E-state index < -0.39 is 0 Å². The summed E-state index contributed by atoms with van der Waals surface area (Å²) >= 11 is 6.82. The van der Waals surface area contributed by atoms with E-state index in [1.54, 1.807) is 24.4 Å². The van der Waals surface area contributed by atoms with Gasteiger partial charge in [-0.05, 0) is 46.3 Å². The van der Waals surface area contributed by atoms with Crippen molar-refractivity contribution in [1.82, 2.24) is 0 Å². The topological polar surface area (TPSA) is 41.8 Å². The van der Waals surface area contributed by atoms with E-state index in [9.17, 15) is 5.11 Å². The molecule has 5 heteroatoms. The van der Waals surface area contributed by atoms with Crippen LogP contribution in [0.15, 0.2) is 50.3 Å². The van der Waals surface area contributed by atoms with Gasteiger partial charge in [0.25, 0.3) is 0 Å². The summed E-state index contributed by atoms with van der Waals surface area (Å²) in [6.45, 7) is 0. The monoisotopic (exact) mass is 383 g/mol. The number of phenolic OH excluding ortho intramolecular Hbond substituents is 1. The number of ether oxygens (including phenoxy) is 1. The molecule has 0 aliphatic rings. The highest BCUT2D eigenvalue weighted by molar-refractivity contribution is 9.11. The van der Waals surface area contributed by atoms with E-state index in [0.717, 1.165) is 14.6 Å². The van der Waals surface area contributed by atoms with E-state index in [2.05, 4.69) is 36.9 Å². The lowest BCUT2D eigenvalue weighted by molar-refractivity contribution is 0.373. The molecular formula is C14H11Br2NO2. The molecule has 0 radical (unpaired) electrons. The molecule has 0 aliphatic heterocycles. The quantitative estimate of drug-likeness (QED) is 0.780. The maximum atomic E-state index is 9.94. The van der Waals surface area contributed by atoms with Gasteiger partial charge in [-0.25, -0.2) is 0 Å². The largest absolute Gasteiger partial charge is 0.504 e. The molecule has 0 saturated heterocycles. The van der Waals surface area contributed by atoms with Crippen molar-refractivity contribution in [3.63, 3.8) is 0 Å². The van der Waals surface area contributed by atoms with Gasteiger partial charge < -0.3 is 9.84 Å². The van der Waals surface area contributed by atoms with Crippen molar-refractivity contribution in [2.24, 2.45) is 4.99 Å². The predicted molar refractivity (Wildman–Crippen MR) is 83.8 cm³/mol. The number of para-hydroxylation sites is 1. The number of aliphatic imine (C=N–C) groups is 1. The first-order chi connectivity index (χ1) is 9.11. The molecule has 19 heavy (non-hydrogen) atoms. The van der Waals surface area contributed by atoms with Crippen LogP contribution in [0.1, 0.15) is 5.56 Å². The highest BCUT2D eigenvalue weighted by atomic mass is 79.9.